The summed E-state index contributed by atoms with van der Waals surface area (Å²) in [4.78, 5) is 11.9. The number of aliphatic hydroxyl groups is 1. The fraction of sp³-hybridized carbons (Fsp3) is 0.417. The number of anilines is 1. The van der Waals surface area contributed by atoms with Gasteiger partial charge in [-0.25, -0.2) is 0 Å². The van der Waals surface area contributed by atoms with Crippen molar-refractivity contribution >= 4 is 27.5 Å². The maximum Gasteiger partial charge on any atom is 0.251 e. The van der Waals surface area contributed by atoms with E-state index in [0.29, 0.717) is 28.8 Å². The molecule has 1 aromatic carbocycles. The average Bonchev–Trinajstić information content (AvgIpc) is 2.77. The van der Waals surface area contributed by atoms with Crippen molar-refractivity contribution < 1.29 is 14.6 Å². The predicted octanol–water partition coefficient (Wildman–Crippen LogP) is 0.912. The van der Waals surface area contributed by atoms with Gasteiger partial charge in [0, 0.05) is 35.3 Å². The number of rotatable bonds is 3. The maximum atomic E-state index is 11.9. The summed E-state index contributed by atoms with van der Waals surface area (Å²) in [5, 5.41) is 12.7. The van der Waals surface area contributed by atoms with E-state index >= 15 is 0 Å². The van der Waals surface area contributed by atoms with Crippen LogP contribution in [0.3, 0.4) is 0 Å². The minimum Gasteiger partial charge on any atom is -0.398 e. The van der Waals surface area contributed by atoms with E-state index < -0.39 is 5.60 Å². The molecule has 6 heteroatoms. The highest BCUT2D eigenvalue weighted by Crippen LogP contribution is 2.21. The van der Waals surface area contributed by atoms with Crippen LogP contribution in [-0.2, 0) is 4.74 Å². The minimum absolute atomic E-state index is 0.188. The summed E-state index contributed by atoms with van der Waals surface area (Å²) in [6.45, 7) is 0.979. The Balaban J connectivity index is 1.97. The first-order valence-electron chi connectivity index (χ1n) is 5.63. The van der Waals surface area contributed by atoms with E-state index in [2.05, 4.69) is 21.2 Å². The number of nitrogens with two attached hydrogens (primary N) is 1. The van der Waals surface area contributed by atoms with Crippen molar-refractivity contribution in [2.45, 2.75) is 12.0 Å². The van der Waals surface area contributed by atoms with Crippen LogP contribution in [0.15, 0.2) is 22.7 Å². The van der Waals surface area contributed by atoms with Crippen molar-refractivity contribution in [2.75, 3.05) is 25.5 Å². The van der Waals surface area contributed by atoms with Crippen molar-refractivity contribution in [1.29, 1.82) is 0 Å². The number of hydrogen-bond donors (Lipinski definition) is 3. The average molecular weight is 315 g/mol. The third kappa shape index (κ3) is 3.01. The van der Waals surface area contributed by atoms with Gasteiger partial charge >= 0.3 is 0 Å². The first-order valence-corrected chi connectivity index (χ1v) is 6.43. The lowest BCUT2D eigenvalue weighted by Crippen LogP contribution is -2.43. The molecule has 0 radical (unpaired) electrons. The van der Waals surface area contributed by atoms with Crippen LogP contribution < -0.4 is 11.1 Å². The highest BCUT2D eigenvalue weighted by molar-refractivity contribution is 9.10. The van der Waals surface area contributed by atoms with Gasteiger partial charge in [-0.2, -0.15) is 0 Å². The van der Waals surface area contributed by atoms with Crippen LogP contribution in [0.1, 0.15) is 16.8 Å². The number of benzene rings is 1. The number of halogens is 1. The van der Waals surface area contributed by atoms with Gasteiger partial charge in [0.05, 0.1) is 6.61 Å². The molecule has 1 unspecified atom stereocenters. The molecular weight excluding hydrogens is 300 g/mol. The standard InChI is InChI=1S/C12H15BrN2O3/c13-9-5-8(1-2-10(9)14)11(16)15-6-12(17)3-4-18-7-12/h1-2,5,17H,3-4,6-7,14H2,(H,15,16). The molecule has 1 aromatic rings. The molecule has 1 aliphatic rings. The van der Waals surface area contributed by atoms with Crippen LogP contribution >= 0.6 is 15.9 Å². The number of carbonyl (C=O) groups excluding carboxylic acids is 1. The van der Waals surface area contributed by atoms with E-state index in [-0.39, 0.29) is 19.1 Å². The number of nitrogen functional groups attached to an aromatic ring is 1. The van der Waals surface area contributed by atoms with Crippen molar-refractivity contribution in [2.24, 2.45) is 0 Å². The Hall–Kier alpha value is -1.11. The molecule has 0 aromatic heterocycles. The van der Waals surface area contributed by atoms with Gasteiger partial charge in [-0.3, -0.25) is 4.79 Å². The second kappa shape index (κ2) is 5.26. The number of carbonyl (C=O) groups is 1. The van der Waals surface area contributed by atoms with Crippen molar-refractivity contribution in [3.8, 4) is 0 Å². The largest absolute Gasteiger partial charge is 0.398 e. The van der Waals surface area contributed by atoms with E-state index in [1.165, 1.54) is 0 Å². The zero-order valence-corrected chi connectivity index (χ0v) is 11.4. The number of ether oxygens (including phenoxy) is 1. The molecule has 98 valence electrons. The summed E-state index contributed by atoms with van der Waals surface area (Å²) in [6, 6.07) is 4.96. The molecule has 1 heterocycles. The van der Waals surface area contributed by atoms with E-state index in [1.54, 1.807) is 18.2 Å². The Kier molecular flexibility index (Phi) is 3.89. The molecule has 0 bridgehead atoms. The minimum atomic E-state index is -0.944. The topological polar surface area (TPSA) is 84.6 Å². The zero-order valence-electron chi connectivity index (χ0n) is 9.78. The highest BCUT2D eigenvalue weighted by Gasteiger charge is 2.32. The van der Waals surface area contributed by atoms with Crippen LogP contribution in [0.25, 0.3) is 0 Å². The molecule has 4 N–H and O–H groups in total. The molecule has 5 nitrogen and oxygen atoms in total. The van der Waals surface area contributed by atoms with Crippen LogP contribution in [0.2, 0.25) is 0 Å². The third-order valence-electron chi connectivity index (χ3n) is 2.92. The Morgan fingerprint density at radius 2 is 2.39 bits per heavy atom. The van der Waals surface area contributed by atoms with Crippen LogP contribution in [0.4, 0.5) is 5.69 Å². The summed E-state index contributed by atoms with van der Waals surface area (Å²) in [5.41, 5.74) is 5.78. The number of amides is 1. The lowest BCUT2D eigenvalue weighted by atomic mass is 10.0. The van der Waals surface area contributed by atoms with Crippen molar-refractivity contribution in [3.05, 3.63) is 28.2 Å². The van der Waals surface area contributed by atoms with Crippen LogP contribution in [0.5, 0.6) is 0 Å². The molecule has 0 saturated carbocycles. The zero-order chi connectivity index (χ0) is 13.2. The van der Waals surface area contributed by atoms with Gasteiger partial charge < -0.3 is 20.9 Å². The van der Waals surface area contributed by atoms with Gasteiger partial charge in [-0.1, -0.05) is 0 Å². The summed E-state index contributed by atoms with van der Waals surface area (Å²) >= 11 is 3.27. The Labute approximate surface area is 113 Å². The van der Waals surface area contributed by atoms with Crippen LogP contribution in [0, 0.1) is 0 Å². The molecule has 1 atom stereocenters. The summed E-state index contributed by atoms with van der Waals surface area (Å²) in [7, 11) is 0. The number of nitrogens with one attached hydrogen (secondary N) is 1. The van der Waals surface area contributed by atoms with Gasteiger partial charge in [0.2, 0.25) is 0 Å². The van der Waals surface area contributed by atoms with Gasteiger partial charge in [0.15, 0.2) is 0 Å². The van der Waals surface area contributed by atoms with E-state index in [9.17, 15) is 9.90 Å². The third-order valence-corrected chi connectivity index (χ3v) is 3.61. The van der Waals surface area contributed by atoms with E-state index in [0.717, 1.165) is 0 Å². The van der Waals surface area contributed by atoms with Gasteiger partial charge in [-0.15, -0.1) is 0 Å². The molecule has 0 spiro atoms. The quantitative estimate of drug-likeness (QED) is 0.724. The highest BCUT2D eigenvalue weighted by atomic mass is 79.9. The fourth-order valence-corrected chi connectivity index (χ4v) is 2.13. The first kappa shape index (κ1) is 13.3. The normalized spacial score (nSPS) is 23.0. The molecule has 1 aliphatic heterocycles. The van der Waals surface area contributed by atoms with Gasteiger partial charge in [-0.05, 0) is 34.1 Å². The lowest BCUT2D eigenvalue weighted by Gasteiger charge is -2.20. The first-order chi connectivity index (χ1) is 8.50. The molecule has 1 amide bonds. The second-order valence-corrected chi connectivity index (χ2v) is 5.30. The van der Waals surface area contributed by atoms with Crippen molar-refractivity contribution in [3.63, 3.8) is 0 Å². The number of hydrogen-bond acceptors (Lipinski definition) is 4. The maximum absolute atomic E-state index is 11.9. The SMILES string of the molecule is Nc1ccc(C(=O)NCC2(O)CCOC2)cc1Br. The van der Waals surface area contributed by atoms with Gasteiger partial charge in [0.25, 0.3) is 5.91 Å². The molecular formula is C12H15BrN2O3. The predicted molar refractivity (Wildman–Crippen MR) is 71.3 cm³/mol. The second-order valence-electron chi connectivity index (χ2n) is 4.45. The Morgan fingerprint density at radius 3 is 3.00 bits per heavy atom. The van der Waals surface area contributed by atoms with Gasteiger partial charge in [0.1, 0.15) is 5.60 Å². The fourth-order valence-electron chi connectivity index (χ4n) is 1.75. The monoisotopic (exact) mass is 314 g/mol. The summed E-state index contributed by atoms with van der Waals surface area (Å²) < 4.78 is 5.79. The Bertz CT molecular complexity index is 459. The van der Waals surface area contributed by atoms with Crippen LogP contribution in [-0.4, -0.2) is 36.4 Å². The molecule has 1 saturated heterocycles. The summed E-state index contributed by atoms with van der Waals surface area (Å²) in [5.74, 6) is -0.240. The smallest absolute Gasteiger partial charge is 0.251 e. The molecule has 18 heavy (non-hydrogen) atoms. The summed E-state index contributed by atoms with van der Waals surface area (Å²) in [6.07, 6.45) is 0.540. The van der Waals surface area contributed by atoms with E-state index in [4.69, 9.17) is 10.5 Å². The lowest BCUT2D eigenvalue weighted by molar-refractivity contribution is 0.0264. The van der Waals surface area contributed by atoms with Crippen molar-refractivity contribution in [1.82, 2.24) is 5.32 Å². The molecule has 0 aliphatic carbocycles. The molecule has 2 rings (SSSR count). The Morgan fingerprint density at radius 1 is 1.61 bits per heavy atom. The molecule has 1 fully saturated rings. The van der Waals surface area contributed by atoms with E-state index in [1.807, 2.05) is 0 Å².